The number of hydrogen-bond acceptors (Lipinski definition) is 2. The first-order valence-electron chi connectivity index (χ1n) is 1.73. The van der Waals surface area contributed by atoms with E-state index in [-0.39, 0.29) is 5.76 Å². The molecular formula is C4H6O3. The first-order chi connectivity index (χ1) is 3.13. The molecule has 0 spiro atoms. The Kier molecular flexibility index (Phi) is 1.91. The van der Waals surface area contributed by atoms with Gasteiger partial charge in [0.1, 0.15) is 0 Å². The maximum absolute atomic E-state index is 9.57. The van der Waals surface area contributed by atoms with Crippen LogP contribution in [0.3, 0.4) is 0 Å². The van der Waals surface area contributed by atoms with Crippen molar-refractivity contribution in [1.29, 1.82) is 0 Å². The van der Waals surface area contributed by atoms with Crippen molar-refractivity contribution >= 4 is 5.97 Å². The van der Waals surface area contributed by atoms with E-state index in [9.17, 15) is 4.79 Å². The number of allylic oxidation sites excluding steroid dienone is 1. The number of carboxylic acid groups (broad SMARTS) is 1. The van der Waals surface area contributed by atoms with Crippen LogP contribution in [0, 0.1) is 0 Å². The highest BCUT2D eigenvalue weighted by Crippen LogP contribution is 1.80. The van der Waals surface area contributed by atoms with Crippen molar-refractivity contribution in [2.75, 3.05) is 0 Å². The number of aliphatic hydroxyl groups excluding tert-OH is 1. The summed E-state index contributed by atoms with van der Waals surface area (Å²) in [6.45, 7) is 1.30. The molecule has 0 saturated heterocycles. The normalized spacial score (nSPS) is 11.3. The van der Waals surface area contributed by atoms with Gasteiger partial charge in [0.15, 0.2) is 0 Å². The molecule has 0 amide bonds. The molecule has 0 rings (SSSR count). The van der Waals surface area contributed by atoms with E-state index in [2.05, 4.69) is 0 Å². The van der Waals surface area contributed by atoms with Gasteiger partial charge in [-0.2, -0.15) is 0 Å². The average molecular weight is 102 g/mol. The molecule has 7 heavy (non-hydrogen) atoms. The maximum atomic E-state index is 9.57. The van der Waals surface area contributed by atoms with E-state index in [0.717, 1.165) is 6.08 Å². The molecule has 0 radical (unpaired) electrons. The second-order valence-corrected chi connectivity index (χ2v) is 1.12. The summed E-state index contributed by atoms with van der Waals surface area (Å²) in [5, 5.41) is 16.1. The highest BCUT2D eigenvalue weighted by atomic mass is 16.4. The molecule has 0 bridgehead atoms. The van der Waals surface area contributed by atoms with Crippen molar-refractivity contribution in [3.05, 3.63) is 11.8 Å². The fourth-order valence-electron chi connectivity index (χ4n) is 0.179. The molecule has 0 aromatic carbocycles. The largest absolute Gasteiger partial charge is 0.512 e. The summed E-state index contributed by atoms with van der Waals surface area (Å²) in [4.78, 5) is 9.57. The van der Waals surface area contributed by atoms with Crippen LogP contribution in [0.5, 0.6) is 0 Å². The number of rotatable bonds is 1. The molecule has 0 aliphatic rings. The summed E-state index contributed by atoms with van der Waals surface area (Å²) in [7, 11) is 0. The van der Waals surface area contributed by atoms with Gasteiger partial charge in [-0.1, -0.05) is 0 Å². The zero-order valence-electron chi connectivity index (χ0n) is 3.88. The van der Waals surface area contributed by atoms with E-state index in [0.29, 0.717) is 0 Å². The Morgan fingerprint density at radius 1 is 1.57 bits per heavy atom. The number of aliphatic carboxylic acids is 1. The summed E-state index contributed by atoms with van der Waals surface area (Å²) in [6.07, 6.45) is 0.722. The summed E-state index contributed by atoms with van der Waals surface area (Å²) in [5.41, 5.74) is 0. The monoisotopic (exact) mass is 102 g/mol. The molecule has 0 atom stereocenters. The smallest absolute Gasteiger partial charge is 0.331 e. The van der Waals surface area contributed by atoms with Gasteiger partial charge in [0.25, 0.3) is 0 Å². The Morgan fingerprint density at radius 3 is 2.00 bits per heavy atom. The van der Waals surface area contributed by atoms with Crippen LogP contribution < -0.4 is 0 Å². The second kappa shape index (κ2) is 2.23. The van der Waals surface area contributed by atoms with Crippen molar-refractivity contribution in [2.24, 2.45) is 0 Å². The van der Waals surface area contributed by atoms with Crippen molar-refractivity contribution in [2.45, 2.75) is 6.92 Å². The molecule has 0 fully saturated rings. The standard InChI is InChI=1S/C4H6O3/c1-3(5)2-4(6)7/h2,5H,1H3,(H,6,7)/b3-2-. The van der Waals surface area contributed by atoms with Gasteiger partial charge in [0.05, 0.1) is 11.8 Å². The van der Waals surface area contributed by atoms with E-state index in [1.807, 2.05) is 0 Å². The van der Waals surface area contributed by atoms with Crippen LogP contribution in [0.4, 0.5) is 0 Å². The Hall–Kier alpha value is -0.990. The minimum absolute atomic E-state index is 0.187. The molecule has 0 aromatic rings. The average Bonchev–Trinajstić information content (AvgIpc) is 1.27. The maximum Gasteiger partial charge on any atom is 0.331 e. The third-order valence-corrected chi connectivity index (χ3v) is 0.332. The fourth-order valence-corrected chi connectivity index (χ4v) is 0.179. The van der Waals surface area contributed by atoms with Crippen LogP contribution in [0.1, 0.15) is 6.92 Å². The predicted octanol–water partition coefficient (Wildman–Crippen LogP) is 0.533. The number of aliphatic hydroxyl groups is 1. The van der Waals surface area contributed by atoms with Gasteiger partial charge in [-0.3, -0.25) is 0 Å². The fraction of sp³-hybridized carbons (Fsp3) is 0.250. The SMILES string of the molecule is C/C(O)=C/C(=O)O. The lowest BCUT2D eigenvalue weighted by Crippen LogP contribution is -1.87. The molecule has 0 aliphatic heterocycles. The molecule has 0 aliphatic carbocycles. The topological polar surface area (TPSA) is 57.5 Å². The zero-order chi connectivity index (χ0) is 5.86. The Labute approximate surface area is 40.9 Å². The van der Waals surface area contributed by atoms with Gasteiger partial charge in [0, 0.05) is 0 Å². The molecule has 2 N–H and O–H groups in total. The molecule has 0 saturated carbocycles. The number of hydrogen-bond donors (Lipinski definition) is 2. The summed E-state index contributed by atoms with van der Waals surface area (Å²) < 4.78 is 0. The van der Waals surface area contributed by atoms with E-state index >= 15 is 0 Å². The minimum Gasteiger partial charge on any atom is -0.512 e. The van der Waals surface area contributed by atoms with Crippen molar-refractivity contribution in [3.8, 4) is 0 Å². The van der Waals surface area contributed by atoms with Gasteiger partial charge >= 0.3 is 5.97 Å². The van der Waals surface area contributed by atoms with Crippen LogP contribution >= 0.6 is 0 Å². The lowest BCUT2D eigenvalue weighted by molar-refractivity contribution is -0.131. The van der Waals surface area contributed by atoms with Gasteiger partial charge in [0.2, 0.25) is 0 Å². The summed E-state index contributed by atoms with van der Waals surface area (Å²) in [5.74, 6) is -1.31. The van der Waals surface area contributed by atoms with E-state index in [1.165, 1.54) is 6.92 Å². The van der Waals surface area contributed by atoms with E-state index in [1.54, 1.807) is 0 Å². The predicted molar refractivity (Wildman–Crippen MR) is 24.0 cm³/mol. The molecule has 3 nitrogen and oxygen atoms in total. The van der Waals surface area contributed by atoms with Crippen molar-refractivity contribution in [3.63, 3.8) is 0 Å². The second-order valence-electron chi connectivity index (χ2n) is 1.12. The summed E-state index contributed by atoms with van der Waals surface area (Å²) >= 11 is 0. The van der Waals surface area contributed by atoms with Crippen LogP contribution in [0.25, 0.3) is 0 Å². The van der Waals surface area contributed by atoms with Gasteiger partial charge in [-0.05, 0) is 6.92 Å². The van der Waals surface area contributed by atoms with Gasteiger partial charge in [-0.15, -0.1) is 0 Å². The zero-order valence-corrected chi connectivity index (χ0v) is 3.88. The van der Waals surface area contributed by atoms with Crippen LogP contribution in [0.2, 0.25) is 0 Å². The first-order valence-corrected chi connectivity index (χ1v) is 1.73. The number of carbonyl (C=O) groups is 1. The quantitative estimate of drug-likeness (QED) is 0.375. The molecule has 0 heterocycles. The molecule has 3 heteroatoms. The Bertz CT molecular complexity index is 99.5. The van der Waals surface area contributed by atoms with Crippen LogP contribution in [0.15, 0.2) is 11.8 Å². The van der Waals surface area contributed by atoms with Crippen LogP contribution in [-0.4, -0.2) is 16.2 Å². The minimum atomic E-state index is -1.12. The highest BCUT2D eigenvalue weighted by Gasteiger charge is 1.86. The third kappa shape index (κ3) is 5.01. The van der Waals surface area contributed by atoms with E-state index < -0.39 is 5.97 Å². The van der Waals surface area contributed by atoms with Crippen LogP contribution in [-0.2, 0) is 4.79 Å². The van der Waals surface area contributed by atoms with Crippen molar-refractivity contribution in [1.82, 2.24) is 0 Å². The Balaban J connectivity index is 3.68. The van der Waals surface area contributed by atoms with Crippen molar-refractivity contribution < 1.29 is 15.0 Å². The summed E-state index contributed by atoms with van der Waals surface area (Å²) in [6, 6.07) is 0. The lowest BCUT2D eigenvalue weighted by Gasteiger charge is -1.79. The first kappa shape index (κ1) is 6.01. The van der Waals surface area contributed by atoms with E-state index in [4.69, 9.17) is 10.2 Å². The van der Waals surface area contributed by atoms with Gasteiger partial charge in [-0.25, -0.2) is 4.79 Å². The third-order valence-electron chi connectivity index (χ3n) is 0.332. The highest BCUT2D eigenvalue weighted by molar-refractivity contribution is 5.80. The molecule has 0 unspecified atom stereocenters. The Morgan fingerprint density at radius 2 is 2.00 bits per heavy atom. The van der Waals surface area contributed by atoms with Gasteiger partial charge < -0.3 is 10.2 Å². The molecule has 40 valence electrons. The number of carboxylic acids is 1. The lowest BCUT2D eigenvalue weighted by atomic mass is 10.5. The molecular weight excluding hydrogens is 96.0 g/mol. The molecule has 0 aromatic heterocycles.